The number of sulfone groups is 2. The van der Waals surface area contributed by atoms with E-state index in [1.807, 2.05) is 30.3 Å². The molecule has 55 heavy (non-hydrogen) atoms. The number of carboxylic acids is 1. The van der Waals surface area contributed by atoms with Crippen LogP contribution in [-0.4, -0.2) is 81.4 Å². The van der Waals surface area contributed by atoms with E-state index in [4.69, 9.17) is 4.84 Å². The number of unbranched alkanes of at least 4 members (excludes halogenated alkanes) is 2. The molecular weight excluding hydrogens is 767 g/mol. The van der Waals surface area contributed by atoms with Crippen LogP contribution in [0.25, 0.3) is 0 Å². The highest BCUT2D eigenvalue weighted by atomic mass is 32.2. The van der Waals surface area contributed by atoms with Gasteiger partial charge in [-0.05, 0) is 61.4 Å². The van der Waals surface area contributed by atoms with Crippen LogP contribution < -0.4 is 20.5 Å². The molecule has 3 aromatic carbocycles. The van der Waals surface area contributed by atoms with E-state index in [1.54, 1.807) is 12.3 Å². The van der Waals surface area contributed by atoms with Gasteiger partial charge in [-0.2, -0.15) is 5.48 Å². The maximum Gasteiger partial charge on any atom is 0.326 e. The molecule has 0 saturated heterocycles. The summed E-state index contributed by atoms with van der Waals surface area (Å²) in [7, 11) is -7.41. The van der Waals surface area contributed by atoms with Gasteiger partial charge in [-0.15, -0.1) is 11.8 Å². The number of anilines is 2. The third kappa shape index (κ3) is 11.9. The number of nitrogens with one attached hydrogen (secondary N) is 2. The monoisotopic (exact) mass is 817 g/mol. The fourth-order valence-electron chi connectivity index (χ4n) is 6.82. The van der Waals surface area contributed by atoms with E-state index in [0.717, 1.165) is 50.5 Å². The molecule has 1 aliphatic rings. The first-order chi connectivity index (χ1) is 26.0. The Bertz CT molecular complexity index is 2020. The molecule has 2 amide bonds. The fraction of sp³-hybridized carbons (Fsp3) is 0.462. The maximum atomic E-state index is 14.4. The van der Waals surface area contributed by atoms with Crippen LogP contribution in [-0.2, 0) is 34.1 Å². The molecule has 0 radical (unpaired) electrons. The highest BCUT2D eigenvalue weighted by molar-refractivity contribution is 7.98. The summed E-state index contributed by atoms with van der Waals surface area (Å²) in [4.78, 5) is 47.4. The van der Waals surface area contributed by atoms with Crippen LogP contribution in [0.3, 0.4) is 0 Å². The first-order valence-corrected chi connectivity index (χ1v) is 23.2. The molecule has 1 heterocycles. The molecule has 3 aromatic rings. The number of carbonyl (C=O) groups excluding carboxylic acids is 2. The fourth-order valence-corrected chi connectivity index (χ4v) is 10.1. The summed E-state index contributed by atoms with van der Waals surface area (Å²) in [6, 6.07) is 16.7. The van der Waals surface area contributed by atoms with Crippen molar-refractivity contribution in [3.05, 3.63) is 72.3 Å². The number of hydrogen-bond acceptors (Lipinski definition) is 11. The molecule has 0 aliphatic carbocycles. The number of hydroxylamine groups is 1. The average molecular weight is 818 g/mol. The molecular formula is C39H51N3O10S3. The largest absolute Gasteiger partial charge is 0.508 e. The lowest BCUT2D eigenvalue weighted by Crippen LogP contribution is -2.45. The number of phenols is 1. The number of aliphatic carboxylic acids is 1. The number of aromatic hydroxyl groups is 1. The number of nitrogens with zero attached hydrogens (tertiary/aromatic N) is 1. The van der Waals surface area contributed by atoms with Gasteiger partial charge in [0, 0.05) is 36.4 Å². The summed E-state index contributed by atoms with van der Waals surface area (Å²) >= 11 is 1.30. The smallest absolute Gasteiger partial charge is 0.326 e. The number of fused-ring (bicyclic) bond motifs is 1. The van der Waals surface area contributed by atoms with E-state index < -0.39 is 73.4 Å². The standard InChI is InChI=1S/C39H51N3O10S3/c1-5-7-19-39(20-8-6-2)25-42(28-12-10-9-11-13-28)32-23-34(53-3)33(24-35(32)55(50,51)26-39)52-41-36(44)22-30(27-14-16-29(43)17-15-27)37(45)40-31(38(46)47)18-21-54(4,48)49/h9-17,23-24,30-31,43H,5-8,18-22,25-26H2,1-4H3,(H,40,45)(H,41,44)(H,46,47). The van der Waals surface area contributed by atoms with Crippen LogP contribution in [0.2, 0.25) is 0 Å². The number of carboxylic acid groups (broad SMARTS) is 1. The van der Waals surface area contributed by atoms with E-state index in [-0.39, 0.29) is 27.7 Å². The summed E-state index contributed by atoms with van der Waals surface area (Å²) in [6.45, 7) is 4.70. The highest BCUT2D eigenvalue weighted by Crippen LogP contribution is 2.47. The molecule has 0 spiro atoms. The van der Waals surface area contributed by atoms with Gasteiger partial charge in [0.05, 0.1) is 32.9 Å². The minimum absolute atomic E-state index is 0.0499. The predicted octanol–water partition coefficient (Wildman–Crippen LogP) is 5.99. The minimum Gasteiger partial charge on any atom is -0.508 e. The molecule has 300 valence electrons. The lowest BCUT2D eigenvalue weighted by molar-refractivity contribution is -0.142. The third-order valence-corrected chi connectivity index (χ3v) is 13.4. The predicted molar refractivity (Wildman–Crippen MR) is 213 cm³/mol. The number of para-hydroxylation sites is 1. The molecule has 16 heteroatoms. The van der Waals surface area contributed by atoms with Gasteiger partial charge in [0.15, 0.2) is 15.6 Å². The summed E-state index contributed by atoms with van der Waals surface area (Å²) in [5.41, 5.74) is 3.47. The van der Waals surface area contributed by atoms with E-state index in [1.165, 1.54) is 42.1 Å². The maximum absolute atomic E-state index is 14.4. The quantitative estimate of drug-likeness (QED) is 0.0816. The molecule has 2 atom stereocenters. The van der Waals surface area contributed by atoms with Crippen molar-refractivity contribution < 1.29 is 46.3 Å². The third-order valence-electron chi connectivity index (χ3n) is 9.72. The van der Waals surface area contributed by atoms with Gasteiger partial charge in [-0.25, -0.2) is 21.6 Å². The Morgan fingerprint density at radius 2 is 1.64 bits per heavy atom. The van der Waals surface area contributed by atoms with E-state index in [2.05, 4.69) is 29.5 Å². The zero-order valence-corrected chi connectivity index (χ0v) is 34.1. The van der Waals surface area contributed by atoms with Gasteiger partial charge in [-0.1, -0.05) is 69.9 Å². The van der Waals surface area contributed by atoms with E-state index in [0.29, 0.717) is 17.1 Å². The number of hydrogen-bond donors (Lipinski definition) is 4. The van der Waals surface area contributed by atoms with Gasteiger partial charge >= 0.3 is 5.97 Å². The van der Waals surface area contributed by atoms with Crippen molar-refractivity contribution in [2.75, 3.05) is 35.5 Å². The number of thioether (sulfide) groups is 1. The van der Waals surface area contributed by atoms with E-state index >= 15 is 0 Å². The van der Waals surface area contributed by atoms with Crippen molar-refractivity contribution in [3.8, 4) is 11.5 Å². The molecule has 1 aliphatic heterocycles. The molecule has 4 N–H and O–H groups in total. The van der Waals surface area contributed by atoms with Gasteiger partial charge in [0.1, 0.15) is 21.6 Å². The Kier molecular flexibility index (Phi) is 15.0. The SMILES string of the molecule is CCCCC1(CCCC)CN(c2ccccc2)c2cc(SC)c(ONC(=O)CC(C(=O)NC(CCS(C)(=O)=O)C(=O)O)c3ccc(O)cc3)cc2S(=O)(=O)C1. The molecule has 0 aromatic heterocycles. The molecule has 13 nitrogen and oxygen atoms in total. The van der Waals surface area contributed by atoms with Crippen LogP contribution >= 0.6 is 11.8 Å². The van der Waals surface area contributed by atoms with Gasteiger partial charge in [0.2, 0.25) is 5.91 Å². The number of benzene rings is 3. The summed E-state index contributed by atoms with van der Waals surface area (Å²) < 4.78 is 52.2. The van der Waals surface area contributed by atoms with Crippen molar-refractivity contribution >= 4 is 60.6 Å². The van der Waals surface area contributed by atoms with Crippen molar-refractivity contribution in [2.24, 2.45) is 5.41 Å². The molecule has 2 unspecified atom stereocenters. The normalized spacial score (nSPS) is 15.9. The van der Waals surface area contributed by atoms with Crippen LogP contribution in [0.1, 0.15) is 76.7 Å². The lowest BCUT2D eigenvalue weighted by atomic mass is 9.79. The van der Waals surface area contributed by atoms with Crippen LogP contribution in [0, 0.1) is 5.41 Å². The number of rotatable bonds is 19. The lowest BCUT2D eigenvalue weighted by Gasteiger charge is -2.37. The Morgan fingerprint density at radius 3 is 2.20 bits per heavy atom. The Balaban J connectivity index is 1.67. The van der Waals surface area contributed by atoms with Crippen LogP contribution in [0.15, 0.2) is 76.5 Å². The molecule has 0 saturated carbocycles. The number of phenolic OH excluding ortho intramolecular Hbond substituents is 1. The van der Waals surface area contributed by atoms with Gasteiger partial charge in [0.25, 0.3) is 5.91 Å². The number of amides is 2. The Hall–Kier alpha value is -4.28. The topological polar surface area (TPSA) is 196 Å². The van der Waals surface area contributed by atoms with Crippen molar-refractivity contribution in [1.29, 1.82) is 0 Å². The second kappa shape index (κ2) is 19.0. The Labute approximate surface area is 328 Å². The highest BCUT2D eigenvalue weighted by Gasteiger charge is 2.42. The van der Waals surface area contributed by atoms with Gasteiger partial charge < -0.3 is 25.3 Å². The van der Waals surface area contributed by atoms with Crippen LogP contribution in [0.4, 0.5) is 11.4 Å². The minimum atomic E-state index is -3.88. The second-order valence-corrected chi connectivity index (χ2v) is 19.2. The molecule has 4 rings (SSSR count). The molecule has 0 fully saturated rings. The van der Waals surface area contributed by atoms with Crippen molar-refractivity contribution in [2.45, 2.75) is 87.0 Å². The first-order valence-electron chi connectivity index (χ1n) is 18.2. The Morgan fingerprint density at radius 1 is 1.00 bits per heavy atom. The molecule has 0 bridgehead atoms. The zero-order valence-electron chi connectivity index (χ0n) is 31.6. The zero-order chi connectivity index (χ0) is 40.4. The van der Waals surface area contributed by atoms with E-state index in [9.17, 15) is 41.4 Å². The first kappa shape index (κ1) is 43.4. The van der Waals surface area contributed by atoms with Crippen molar-refractivity contribution in [3.63, 3.8) is 0 Å². The summed E-state index contributed by atoms with van der Waals surface area (Å²) in [5.74, 6) is -4.92. The number of carbonyl (C=O) groups is 3. The van der Waals surface area contributed by atoms with Crippen molar-refractivity contribution in [1.82, 2.24) is 10.8 Å². The van der Waals surface area contributed by atoms with Crippen LogP contribution in [0.5, 0.6) is 11.5 Å². The van der Waals surface area contributed by atoms with Gasteiger partial charge in [-0.3, -0.25) is 9.59 Å². The summed E-state index contributed by atoms with van der Waals surface area (Å²) in [6.07, 6.45) is 6.94. The average Bonchev–Trinajstić information content (AvgIpc) is 3.24. The second-order valence-electron chi connectivity index (χ2n) is 14.2. The summed E-state index contributed by atoms with van der Waals surface area (Å²) in [5, 5.41) is 21.8.